The molecule has 4 nitrogen and oxygen atoms in total. The minimum Gasteiger partial charge on any atom is -0.467 e. The van der Waals surface area contributed by atoms with Crippen LogP contribution in [0.5, 0.6) is 11.5 Å². The lowest BCUT2D eigenvalue weighted by Crippen LogP contribution is -2.22. The van der Waals surface area contributed by atoms with Gasteiger partial charge >= 0.3 is 0 Å². The van der Waals surface area contributed by atoms with E-state index in [9.17, 15) is 0 Å². The molecule has 0 saturated heterocycles. The first-order valence-corrected chi connectivity index (χ1v) is 7.20. The highest BCUT2D eigenvalue weighted by Gasteiger charge is 2.11. The summed E-state index contributed by atoms with van der Waals surface area (Å²) in [5.74, 6) is 1.45. The van der Waals surface area contributed by atoms with E-state index >= 15 is 0 Å². The Morgan fingerprint density at radius 2 is 1.10 bits per heavy atom. The minimum absolute atomic E-state index is 0.213. The number of rotatable bonds is 6. The van der Waals surface area contributed by atoms with Crippen LogP contribution in [0.3, 0.4) is 0 Å². The lowest BCUT2D eigenvalue weighted by molar-refractivity contribution is -0.0778. The summed E-state index contributed by atoms with van der Waals surface area (Å²) in [6, 6.07) is 5.73. The molecule has 1 rings (SSSR count). The molecule has 0 amide bonds. The maximum Gasteiger partial charge on any atom is 0.189 e. The molecule has 0 heterocycles. The molecular formula is C17H28O4. The Hall–Kier alpha value is -1.26. The third kappa shape index (κ3) is 8.58. The zero-order valence-electron chi connectivity index (χ0n) is 14.3. The molecule has 0 aliphatic rings. The average molecular weight is 296 g/mol. The molecule has 0 aliphatic carbocycles. The van der Waals surface area contributed by atoms with E-state index in [1.807, 2.05) is 66.7 Å². The summed E-state index contributed by atoms with van der Waals surface area (Å²) in [6.07, 6.45) is 0. The summed E-state index contributed by atoms with van der Waals surface area (Å²) in [5, 5.41) is 0. The smallest absolute Gasteiger partial charge is 0.189 e. The van der Waals surface area contributed by atoms with Gasteiger partial charge in [-0.15, -0.1) is 0 Å². The highest BCUT2D eigenvalue weighted by atomic mass is 16.7. The quantitative estimate of drug-likeness (QED) is 0.733. The van der Waals surface area contributed by atoms with Gasteiger partial charge in [0.2, 0.25) is 0 Å². The molecule has 1 aromatic rings. The van der Waals surface area contributed by atoms with Crippen molar-refractivity contribution in [3.8, 4) is 11.5 Å². The van der Waals surface area contributed by atoms with Crippen molar-refractivity contribution in [1.82, 2.24) is 0 Å². The molecule has 0 bridgehead atoms. The SMILES string of the molecule is Cc1cc(OCOC(C)(C)C)cc(OCOC(C)(C)C)c1. The van der Waals surface area contributed by atoms with Gasteiger partial charge in [0.15, 0.2) is 13.6 Å². The van der Waals surface area contributed by atoms with Crippen molar-refractivity contribution in [2.45, 2.75) is 59.7 Å². The van der Waals surface area contributed by atoms with Crippen LogP contribution in [0.15, 0.2) is 18.2 Å². The summed E-state index contributed by atoms with van der Waals surface area (Å²) in [5.41, 5.74) is 0.627. The zero-order chi connectivity index (χ0) is 16.1. The first-order chi connectivity index (χ1) is 9.55. The fourth-order valence-corrected chi connectivity index (χ4v) is 1.43. The van der Waals surface area contributed by atoms with E-state index in [0.29, 0.717) is 0 Å². The second kappa shape index (κ2) is 7.14. The summed E-state index contributed by atoms with van der Waals surface area (Å²) < 4.78 is 22.3. The maximum atomic E-state index is 5.61. The molecule has 120 valence electrons. The molecule has 0 saturated carbocycles. The van der Waals surface area contributed by atoms with Crippen LogP contribution in [-0.4, -0.2) is 24.8 Å². The van der Waals surface area contributed by atoms with Gasteiger partial charge in [0.05, 0.1) is 11.2 Å². The Morgan fingerprint density at radius 3 is 1.43 bits per heavy atom. The van der Waals surface area contributed by atoms with Crippen molar-refractivity contribution in [3.05, 3.63) is 23.8 Å². The fraction of sp³-hybridized carbons (Fsp3) is 0.647. The van der Waals surface area contributed by atoms with Crippen LogP contribution in [0.4, 0.5) is 0 Å². The Bertz CT molecular complexity index is 403. The normalized spacial score (nSPS) is 12.3. The van der Waals surface area contributed by atoms with Crippen LogP contribution in [0.25, 0.3) is 0 Å². The van der Waals surface area contributed by atoms with Gasteiger partial charge in [-0.1, -0.05) is 0 Å². The van der Waals surface area contributed by atoms with Crippen molar-refractivity contribution in [3.63, 3.8) is 0 Å². The molecule has 0 aromatic heterocycles. The van der Waals surface area contributed by atoms with Crippen molar-refractivity contribution in [1.29, 1.82) is 0 Å². The lowest BCUT2D eigenvalue weighted by Gasteiger charge is -2.21. The second-order valence-electron chi connectivity index (χ2n) is 7.02. The Morgan fingerprint density at radius 1 is 0.714 bits per heavy atom. The van der Waals surface area contributed by atoms with Crippen LogP contribution in [0.1, 0.15) is 47.1 Å². The van der Waals surface area contributed by atoms with Crippen molar-refractivity contribution in [2.75, 3.05) is 13.6 Å². The van der Waals surface area contributed by atoms with Crippen LogP contribution in [0, 0.1) is 6.92 Å². The summed E-state index contributed by atoms with van der Waals surface area (Å²) in [7, 11) is 0. The third-order valence-electron chi connectivity index (χ3n) is 2.46. The van der Waals surface area contributed by atoms with Gasteiger partial charge in [0.1, 0.15) is 11.5 Å². The predicted octanol–water partition coefficient (Wildman–Crippen LogP) is 4.30. The first kappa shape index (κ1) is 17.8. The molecular weight excluding hydrogens is 268 g/mol. The van der Waals surface area contributed by atoms with Crippen LogP contribution in [-0.2, 0) is 9.47 Å². The van der Waals surface area contributed by atoms with E-state index in [1.54, 1.807) is 0 Å². The molecule has 21 heavy (non-hydrogen) atoms. The van der Waals surface area contributed by atoms with E-state index < -0.39 is 0 Å². The molecule has 0 unspecified atom stereocenters. The molecule has 0 atom stereocenters. The zero-order valence-corrected chi connectivity index (χ0v) is 14.3. The Balaban J connectivity index is 2.55. The standard InChI is InChI=1S/C17H28O4/c1-13-8-14(18-11-20-16(2,3)4)10-15(9-13)19-12-21-17(5,6)7/h8-10H,11-12H2,1-7H3. The van der Waals surface area contributed by atoms with Crippen LogP contribution >= 0.6 is 0 Å². The first-order valence-electron chi connectivity index (χ1n) is 7.20. The van der Waals surface area contributed by atoms with Crippen molar-refractivity contribution >= 4 is 0 Å². The van der Waals surface area contributed by atoms with E-state index in [4.69, 9.17) is 18.9 Å². The monoisotopic (exact) mass is 296 g/mol. The predicted molar refractivity (Wildman–Crippen MR) is 83.8 cm³/mol. The Kier molecular flexibility index (Phi) is 6.05. The van der Waals surface area contributed by atoms with E-state index in [0.717, 1.165) is 17.1 Å². The third-order valence-corrected chi connectivity index (χ3v) is 2.46. The van der Waals surface area contributed by atoms with E-state index in [-0.39, 0.29) is 24.8 Å². The minimum atomic E-state index is -0.219. The lowest BCUT2D eigenvalue weighted by atomic mass is 10.2. The molecule has 0 aliphatic heterocycles. The highest BCUT2D eigenvalue weighted by Crippen LogP contribution is 2.23. The molecule has 0 fully saturated rings. The largest absolute Gasteiger partial charge is 0.467 e. The van der Waals surface area contributed by atoms with E-state index in [1.165, 1.54) is 0 Å². The maximum absolute atomic E-state index is 5.61. The molecule has 0 N–H and O–H groups in total. The second-order valence-corrected chi connectivity index (χ2v) is 7.02. The summed E-state index contributed by atoms with van der Waals surface area (Å²) >= 11 is 0. The van der Waals surface area contributed by atoms with Gasteiger partial charge in [-0.25, -0.2) is 0 Å². The van der Waals surface area contributed by atoms with Crippen LogP contribution in [0.2, 0.25) is 0 Å². The number of hydrogen-bond donors (Lipinski definition) is 0. The fourth-order valence-electron chi connectivity index (χ4n) is 1.43. The van der Waals surface area contributed by atoms with Gasteiger partial charge in [0.25, 0.3) is 0 Å². The average Bonchev–Trinajstić information content (AvgIpc) is 2.24. The molecule has 1 aromatic carbocycles. The van der Waals surface area contributed by atoms with Gasteiger partial charge in [0, 0.05) is 6.07 Å². The Labute approximate surface area is 128 Å². The van der Waals surface area contributed by atoms with Gasteiger partial charge in [-0.3, -0.25) is 0 Å². The highest BCUT2D eigenvalue weighted by molar-refractivity contribution is 5.37. The van der Waals surface area contributed by atoms with Gasteiger partial charge in [-0.05, 0) is 66.2 Å². The topological polar surface area (TPSA) is 36.9 Å². The van der Waals surface area contributed by atoms with Crippen LogP contribution < -0.4 is 9.47 Å². The van der Waals surface area contributed by atoms with Crippen molar-refractivity contribution in [2.24, 2.45) is 0 Å². The van der Waals surface area contributed by atoms with Gasteiger partial charge in [-0.2, -0.15) is 0 Å². The number of benzene rings is 1. The molecule has 4 heteroatoms. The molecule has 0 spiro atoms. The van der Waals surface area contributed by atoms with Gasteiger partial charge < -0.3 is 18.9 Å². The number of hydrogen-bond acceptors (Lipinski definition) is 4. The number of ether oxygens (including phenoxy) is 4. The summed E-state index contributed by atoms with van der Waals surface area (Å²) in [4.78, 5) is 0. The van der Waals surface area contributed by atoms with E-state index in [2.05, 4.69) is 0 Å². The molecule has 0 radical (unpaired) electrons. The summed E-state index contributed by atoms with van der Waals surface area (Å²) in [6.45, 7) is 14.4. The number of aryl methyl sites for hydroxylation is 1. The van der Waals surface area contributed by atoms with Crippen molar-refractivity contribution < 1.29 is 18.9 Å².